The van der Waals surface area contributed by atoms with E-state index in [0.29, 0.717) is 5.32 Å². The van der Waals surface area contributed by atoms with E-state index in [1.807, 2.05) is 0 Å². The molecule has 0 spiro atoms. The molecule has 1 aromatic carbocycles. The van der Waals surface area contributed by atoms with Crippen LogP contribution in [0.1, 0.15) is 6.92 Å². The molecule has 0 fully saturated rings. The molecule has 20 heavy (non-hydrogen) atoms. The molecule has 0 atom stereocenters. The number of fused-ring (bicyclic) bond motifs is 1. The Morgan fingerprint density at radius 2 is 1.60 bits per heavy atom. The molecule has 0 bridgehead atoms. The zero-order valence-electron chi connectivity index (χ0n) is 10.2. The van der Waals surface area contributed by atoms with Crippen molar-refractivity contribution >= 4 is 21.6 Å². The van der Waals surface area contributed by atoms with Crippen LogP contribution in [0.15, 0.2) is 29.8 Å². The van der Waals surface area contributed by atoms with Gasteiger partial charge in [0.2, 0.25) is 11.0 Å². The van der Waals surface area contributed by atoms with E-state index in [-0.39, 0.29) is 0 Å². The first-order valence-corrected chi connectivity index (χ1v) is 6.23. The second kappa shape index (κ2) is 6.40. The molecule has 2 aromatic rings. The van der Waals surface area contributed by atoms with Crippen LogP contribution in [-0.4, -0.2) is 12.6 Å². The number of aryl methyl sites for hydroxylation is 1. The summed E-state index contributed by atoms with van der Waals surface area (Å²) in [6.45, 7) is 3.23. The van der Waals surface area contributed by atoms with E-state index in [9.17, 15) is 26.3 Å². The lowest BCUT2D eigenvalue weighted by molar-refractivity contribution is -0.663. The number of rotatable bonds is 1. The third-order valence-electron chi connectivity index (χ3n) is 2.08. The second-order valence-electron chi connectivity index (χ2n) is 3.52. The van der Waals surface area contributed by atoms with E-state index in [4.69, 9.17) is 0 Å². The van der Waals surface area contributed by atoms with Gasteiger partial charge >= 0.3 is 12.6 Å². The molecule has 112 valence electrons. The Kier molecular flexibility index (Phi) is 5.35. The van der Waals surface area contributed by atoms with Crippen molar-refractivity contribution in [2.24, 2.45) is 0 Å². The van der Waals surface area contributed by atoms with E-state index in [0.717, 1.165) is 6.54 Å². The van der Waals surface area contributed by atoms with Crippen LogP contribution in [-0.2, 0) is 6.54 Å². The van der Waals surface area contributed by atoms with Crippen molar-refractivity contribution in [3.8, 4) is 0 Å². The van der Waals surface area contributed by atoms with Gasteiger partial charge in [0, 0.05) is 6.07 Å². The SMILES string of the molecule is CC[n+]1csc2ccccc21.FC(F)(F)[N-]C(F)(F)F. The lowest BCUT2D eigenvalue weighted by Gasteiger charge is -2.26. The summed E-state index contributed by atoms with van der Waals surface area (Å²) in [4.78, 5) is 0. The zero-order valence-corrected chi connectivity index (χ0v) is 11.0. The van der Waals surface area contributed by atoms with Crippen LogP contribution in [0.2, 0.25) is 0 Å². The number of hydrogen-bond acceptors (Lipinski definition) is 1. The topological polar surface area (TPSA) is 18.0 Å². The summed E-state index contributed by atoms with van der Waals surface area (Å²) in [5.41, 5.74) is 3.52. The van der Waals surface area contributed by atoms with E-state index in [2.05, 4.69) is 41.3 Å². The highest BCUT2D eigenvalue weighted by atomic mass is 32.1. The number of halogens is 6. The Balaban J connectivity index is 0.000000206. The number of aromatic nitrogens is 1. The minimum absolute atomic E-state index is 0.542. The normalized spacial score (nSPS) is 12.2. The first-order valence-electron chi connectivity index (χ1n) is 5.35. The van der Waals surface area contributed by atoms with Gasteiger partial charge in [0.05, 0.1) is 0 Å². The minimum atomic E-state index is -5.52. The maximum absolute atomic E-state index is 10.7. The average Bonchev–Trinajstić information content (AvgIpc) is 2.67. The smallest absolute Gasteiger partial charge is 0.318 e. The number of thiazole rings is 1. The predicted molar refractivity (Wildman–Crippen MR) is 63.2 cm³/mol. The van der Waals surface area contributed by atoms with Crippen LogP contribution in [0.5, 0.6) is 0 Å². The molecule has 2 rings (SSSR count). The summed E-state index contributed by atoms with van der Waals surface area (Å²) in [5, 5.41) is 0.542. The third kappa shape index (κ3) is 5.74. The largest absolute Gasteiger partial charge is 0.478 e. The molecule has 0 unspecified atom stereocenters. The quantitative estimate of drug-likeness (QED) is 0.415. The molecule has 0 saturated carbocycles. The molecule has 0 aliphatic carbocycles. The number of hydrogen-bond donors (Lipinski definition) is 0. The first-order chi connectivity index (χ1) is 9.12. The number of nitrogens with zero attached hydrogens (tertiary/aromatic N) is 2. The van der Waals surface area contributed by atoms with Crippen LogP contribution in [0.4, 0.5) is 26.3 Å². The van der Waals surface area contributed by atoms with E-state index >= 15 is 0 Å². The van der Waals surface area contributed by atoms with Crippen LogP contribution in [0.25, 0.3) is 15.5 Å². The van der Waals surface area contributed by atoms with Crippen molar-refractivity contribution in [2.45, 2.75) is 26.1 Å². The fourth-order valence-corrected chi connectivity index (χ4v) is 2.33. The fourth-order valence-electron chi connectivity index (χ4n) is 1.36. The molecular weight excluding hydrogens is 306 g/mol. The van der Waals surface area contributed by atoms with E-state index in [1.54, 1.807) is 11.3 Å². The first kappa shape index (κ1) is 16.7. The van der Waals surface area contributed by atoms with Crippen LogP contribution in [0.3, 0.4) is 0 Å². The lowest BCUT2D eigenvalue weighted by atomic mass is 10.3. The van der Waals surface area contributed by atoms with Gasteiger partial charge in [-0.3, -0.25) is 0 Å². The third-order valence-corrected chi connectivity index (χ3v) is 3.03. The van der Waals surface area contributed by atoms with E-state index in [1.165, 1.54) is 10.2 Å². The van der Waals surface area contributed by atoms with Crippen molar-refractivity contribution in [2.75, 3.05) is 0 Å². The summed E-state index contributed by atoms with van der Waals surface area (Å²) >= 11 is 1.80. The fraction of sp³-hybridized carbons (Fsp3) is 0.364. The summed E-state index contributed by atoms with van der Waals surface area (Å²) in [5.74, 6) is 0. The van der Waals surface area contributed by atoms with Crippen molar-refractivity contribution in [1.82, 2.24) is 0 Å². The molecule has 0 N–H and O–H groups in total. The Hall–Kier alpha value is -1.35. The van der Waals surface area contributed by atoms with Gasteiger partial charge in [0.15, 0.2) is 0 Å². The highest BCUT2D eigenvalue weighted by molar-refractivity contribution is 7.16. The molecule has 1 heterocycles. The van der Waals surface area contributed by atoms with Gasteiger partial charge in [0.1, 0.15) is 11.2 Å². The highest BCUT2D eigenvalue weighted by Gasteiger charge is 2.27. The van der Waals surface area contributed by atoms with Crippen LogP contribution in [0, 0.1) is 0 Å². The van der Waals surface area contributed by atoms with Crippen molar-refractivity contribution in [3.05, 3.63) is 35.1 Å². The number of para-hydroxylation sites is 1. The standard InChI is InChI=1S/C9H10NS.C2F6N/c1-2-10-7-11-9-6-4-3-5-8(9)10;3-1(4,5)9-2(6,7)8/h3-7H,2H2,1H3;/q+1;-1. The maximum Gasteiger partial charge on any atom is 0.318 e. The molecule has 1 aromatic heterocycles. The molecule has 0 radical (unpaired) electrons. The summed E-state index contributed by atoms with van der Waals surface area (Å²) in [6.07, 6.45) is -11.0. The maximum atomic E-state index is 10.7. The predicted octanol–water partition coefficient (Wildman–Crippen LogP) is 4.61. The highest BCUT2D eigenvalue weighted by Crippen LogP contribution is 2.34. The Morgan fingerprint density at radius 1 is 1.05 bits per heavy atom. The van der Waals surface area contributed by atoms with Crippen LogP contribution >= 0.6 is 11.3 Å². The second-order valence-corrected chi connectivity index (χ2v) is 4.41. The molecular formula is C11H10F6N2S. The van der Waals surface area contributed by atoms with Crippen molar-refractivity contribution < 1.29 is 30.9 Å². The van der Waals surface area contributed by atoms with Gasteiger partial charge in [0.25, 0.3) is 0 Å². The summed E-state index contributed by atoms with van der Waals surface area (Å²) in [7, 11) is 0. The summed E-state index contributed by atoms with van der Waals surface area (Å²) in [6, 6.07) is 8.49. The van der Waals surface area contributed by atoms with Crippen LogP contribution < -0.4 is 4.57 Å². The van der Waals surface area contributed by atoms with Gasteiger partial charge in [-0.05, 0) is 13.0 Å². The molecule has 2 nitrogen and oxygen atoms in total. The molecule has 0 aliphatic rings. The lowest BCUT2D eigenvalue weighted by Crippen LogP contribution is -2.29. The van der Waals surface area contributed by atoms with E-state index < -0.39 is 12.6 Å². The summed E-state index contributed by atoms with van der Waals surface area (Å²) < 4.78 is 67.6. The monoisotopic (exact) mass is 316 g/mol. The number of benzene rings is 1. The Morgan fingerprint density at radius 3 is 2.05 bits per heavy atom. The van der Waals surface area contributed by atoms with Gasteiger partial charge < -0.3 is 5.32 Å². The van der Waals surface area contributed by atoms with Crippen molar-refractivity contribution in [1.29, 1.82) is 0 Å². The molecule has 0 saturated heterocycles. The minimum Gasteiger partial charge on any atom is -0.478 e. The van der Waals surface area contributed by atoms with Gasteiger partial charge in [-0.1, -0.05) is 23.5 Å². The average molecular weight is 316 g/mol. The molecule has 0 aliphatic heterocycles. The van der Waals surface area contributed by atoms with Gasteiger partial charge in [-0.25, -0.2) is 0 Å². The Labute approximate surface area is 114 Å². The van der Waals surface area contributed by atoms with Gasteiger partial charge in [-0.2, -0.15) is 30.9 Å². The number of alkyl halides is 6. The van der Waals surface area contributed by atoms with Gasteiger partial charge in [-0.15, -0.1) is 0 Å². The zero-order chi connectivity index (χ0) is 15.4. The Bertz CT molecular complexity index is 534. The molecule has 0 amide bonds. The molecule has 9 heteroatoms. The van der Waals surface area contributed by atoms with Crippen molar-refractivity contribution in [3.63, 3.8) is 0 Å².